The third-order valence-corrected chi connectivity index (χ3v) is 4.18. The first kappa shape index (κ1) is 17.5. The fraction of sp³-hybridized carbons (Fsp3) is 0.688. The molecule has 2 heterocycles. The molecule has 0 aromatic carbocycles. The van der Waals surface area contributed by atoms with E-state index in [-0.39, 0.29) is 17.7 Å². The quantitative estimate of drug-likeness (QED) is 0.749. The van der Waals surface area contributed by atoms with Gasteiger partial charge in [0.15, 0.2) is 0 Å². The van der Waals surface area contributed by atoms with Gasteiger partial charge in [-0.2, -0.15) is 0 Å². The number of nitrogens with one attached hydrogen (secondary N) is 1. The van der Waals surface area contributed by atoms with E-state index in [4.69, 9.17) is 4.74 Å². The minimum absolute atomic E-state index is 0.0383. The number of aromatic nitrogens is 2. The first-order valence-corrected chi connectivity index (χ1v) is 8.14. The Kier molecular flexibility index (Phi) is 6.15. The second-order valence-corrected chi connectivity index (χ2v) is 5.94. The molecule has 0 aliphatic carbocycles. The molecule has 0 spiro atoms. The van der Waals surface area contributed by atoms with Crippen molar-refractivity contribution in [2.75, 3.05) is 33.9 Å². The number of hydrogen-bond acceptors (Lipinski definition) is 4. The second-order valence-electron chi connectivity index (χ2n) is 5.94. The zero-order chi connectivity index (χ0) is 16.8. The van der Waals surface area contributed by atoms with Crippen molar-refractivity contribution in [3.05, 3.63) is 17.7 Å². The average Bonchev–Trinajstić information content (AvgIpc) is 2.97. The van der Waals surface area contributed by atoms with Crippen LogP contribution in [-0.2, 0) is 22.5 Å². The summed E-state index contributed by atoms with van der Waals surface area (Å²) >= 11 is 0. The highest BCUT2D eigenvalue weighted by Crippen LogP contribution is 2.23. The van der Waals surface area contributed by atoms with Crippen molar-refractivity contribution >= 4 is 11.8 Å². The molecule has 128 valence electrons. The predicted molar refractivity (Wildman–Crippen MR) is 86.2 cm³/mol. The molecule has 1 aromatic rings. The number of fused-ring (bicyclic) bond motifs is 1. The zero-order valence-electron chi connectivity index (χ0n) is 14.2. The van der Waals surface area contributed by atoms with Gasteiger partial charge in [0.25, 0.3) is 5.91 Å². The number of carbonyl (C=O) groups excluding carboxylic acids is 2. The molecule has 1 aliphatic rings. The Morgan fingerprint density at radius 3 is 3.00 bits per heavy atom. The lowest BCUT2D eigenvalue weighted by Gasteiger charge is -2.24. The normalized spacial score (nSPS) is 16.7. The van der Waals surface area contributed by atoms with Crippen molar-refractivity contribution in [3.63, 3.8) is 0 Å². The van der Waals surface area contributed by atoms with Crippen molar-refractivity contribution < 1.29 is 14.3 Å². The van der Waals surface area contributed by atoms with E-state index in [1.54, 1.807) is 25.4 Å². The molecule has 1 aliphatic heterocycles. The van der Waals surface area contributed by atoms with Crippen molar-refractivity contribution in [1.82, 2.24) is 19.8 Å². The van der Waals surface area contributed by atoms with Gasteiger partial charge in [0, 0.05) is 33.8 Å². The Morgan fingerprint density at radius 2 is 2.30 bits per heavy atom. The third kappa shape index (κ3) is 4.10. The summed E-state index contributed by atoms with van der Waals surface area (Å²) in [5.41, 5.74) is 1.47. The fourth-order valence-corrected chi connectivity index (χ4v) is 2.90. The molecule has 0 saturated heterocycles. The predicted octanol–water partition coefficient (Wildman–Crippen LogP) is 0.690. The maximum absolute atomic E-state index is 12.4. The number of ether oxygens (including phenoxy) is 1. The lowest BCUT2D eigenvalue weighted by molar-refractivity contribution is -0.126. The van der Waals surface area contributed by atoms with Crippen LogP contribution in [0.1, 0.15) is 35.9 Å². The second kappa shape index (κ2) is 8.10. The first-order valence-electron chi connectivity index (χ1n) is 8.14. The Balaban J connectivity index is 2.01. The molecule has 2 amide bonds. The summed E-state index contributed by atoms with van der Waals surface area (Å²) in [5, 5.41) is 2.88. The van der Waals surface area contributed by atoms with Crippen molar-refractivity contribution in [1.29, 1.82) is 0 Å². The molecule has 0 saturated carbocycles. The van der Waals surface area contributed by atoms with E-state index in [2.05, 4.69) is 10.3 Å². The summed E-state index contributed by atoms with van der Waals surface area (Å²) in [4.78, 5) is 30.5. The maximum atomic E-state index is 12.4. The van der Waals surface area contributed by atoms with Crippen LogP contribution in [0.15, 0.2) is 6.33 Å². The highest BCUT2D eigenvalue weighted by atomic mass is 16.5. The van der Waals surface area contributed by atoms with Crippen molar-refractivity contribution in [2.24, 2.45) is 5.92 Å². The van der Waals surface area contributed by atoms with Gasteiger partial charge in [0.1, 0.15) is 5.69 Å². The molecule has 7 nitrogen and oxygen atoms in total. The number of rotatable bonds is 7. The highest BCUT2D eigenvalue weighted by Gasteiger charge is 2.29. The minimum atomic E-state index is -0.0788. The molecule has 0 radical (unpaired) electrons. The third-order valence-electron chi connectivity index (χ3n) is 4.18. The van der Waals surface area contributed by atoms with E-state index in [9.17, 15) is 9.59 Å². The Labute approximate surface area is 137 Å². The largest absolute Gasteiger partial charge is 0.383 e. The number of carbonyl (C=O) groups is 2. The van der Waals surface area contributed by atoms with Crippen LogP contribution in [0.4, 0.5) is 0 Å². The van der Waals surface area contributed by atoms with E-state index in [0.717, 1.165) is 25.1 Å². The molecule has 1 N–H and O–H groups in total. The van der Waals surface area contributed by atoms with Gasteiger partial charge in [-0.1, -0.05) is 6.92 Å². The topological polar surface area (TPSA) is 76.5 Å². The number of methoxy groups -OCH3 is 1. The standard InChI is InChI=1S/C16H26N4O3/c1-4-8-19(2)16(22)14-13-6-5-12(10-20(13)11-18-14)15(21)17-7-9-23-3/h11-12H,4-10H2,1-3H3,(H,17,21). The van der Waals surface area contributed by atoms with E-state index in [0.29, 0.717) is 31.8 Å². The Bertz CT molecular complexity index is 556. The maximum Gasteiger partial charge on any atom is 0.274 e. The molecule has 1 aromatic heterocycles. The average molecular weight is 322 g/mol. The molecule has 0 fully saturated rings. The van der Waals surface area contributed by atoms with Crippen molar-refractivity contribution in [2.45, 2.75) is 32.7 Å². The smallest absolute Gasteiger partial charge is 0.274 e. The molecule has 2 rings (SSSR count). The van der Waals surface area contributed by atoms with Crippen LogP contribution >= 0.6 is 0 Å². The summed E-state index contributed by atoms with van der Waals surface area (Å²) < 4.78 is 6.88. The number of amides is 2. The summed E-state index contributed by atoms with van der Waals surface area (Å²) in [6.45, 7) is 4.37. The van der Waals surface area contributed by atoms with Gasteiger partial charge in [0.05, 0.1) is 24.5 Å². The first-order chi connectivity index (χ1) is 11.1. The summed E-state index contributed by atoms with van der Waals surface area (Å²) in [5.74, 6) is -0.0779. The van der Waals surface area contributed by atoms with Gasteiger partial charge in [-0.3, -0.25) is 9.59 Å². The SMILES string of the molecule is CCCN(C)C(=O)c1ncn2c1CCC(C(=O)NCCOC)C2. The lowest BCUT2D eigenvalue weighted by Crippen LogP contribution is -2.37. The highest BCUT2D eigenvalue weighted by molar-refractivity contribution is 5.93. The van der Waals surface area contributed by atoms with Crippen LogP contribution in [-0.4, -0.2) is 60.1 Å². The lowest BCUT2D eigenvalue weighted by atomic mass is 9.96. The van der Waals surface area contributed by atoms with Crippen molar-refractivity contribution in [3.8, 4) is 0 Å². The van der Waals surface area contributed by atoms with E-state index in [1.165, 1.54) is 0 Å². The van der Waals surface area contributed by atoms with Gasteiger partial charge in [0.2, 0.25) is 5.91 Å². The summed E-state index contributed by atoms with van der Waals surface area (Å²) in [6.07, 6.45) is 4.03. The van der Waals surface area contributed by atoms with Crippen LogP contribution in [0.5, 0.6) is 0 Å². The van der Waals surface area contributed by atoms with Gasteiger partial charge in [-0.05, 0) is 19.3 Å². The zero-order valence-corrected chi connectivity index (χ0v) is 14.2. The van der Waals surface area contributed by atoms with Gasteiger partial charge in [-0.25, -0.2) is 4.98 Å². The van der Waals surface area contributed by atoms with E-state index >= 15 is 0 Å². The molecule has 0 bridgehead atoms. The van der Waals surface area contributed by atoms with E-state index < -0.39 is 0 Å². The monoisotopic (exact) mass is 322 g/mol. The van der Waals surface area contributed by atoms with Crippen LogP contribution < -0.4 is 5.32 Å². The number of nitrogens with zero attached hydrogens (tertiary/aromatic N) is 3. The minimum Gasteiger partial charge on any atom is -0.383 e. The van der Waals surface area contributed by atoms with Gasteiger partial charge in [-0.15, -0.1) is 0 Å². The van der Waals surface area contributed by atoms with Crippen LogP contribution in [0.2, 0.25) is 0 Å². The van der Waals surface area contributed by atoms with Gasteiger partial charge < -0.3 is 19.5 Å². The van der Waals surface area contributed by atoms with Crippen LogP contribution in [0, 0.1) is 5.92 Å². The molecule has 23 heavy (non-hydrogen) atoms. The Hall–Kier alpha value is -1.89. The summed E-state index contributed by atoms with van der Waals surface area (Å²) in [7, 11) is 3.41. The van der Waals surface area contributed by atoms with Crippen LogP contribution in [0.3, 0.4) is 0 Å². The van der Waals surface area contributed by atoms with E-state index in [1.807, 2.05) is 11.5 Å². The number of imidazole rings is 1. The fourth-order valence-electron chi connectivity index (χ4n) is 2.90. The summed E-state index contributed by atoms with van der Waals surface area (Å²) in [6, 6.07) is 0. The molecular formula is C16H26N4O3. The molecular weight excluding hydrogens is 296 g/mol. The molecule has 1 unspecified atom stereocenters. The van der Waals surface area contributed by atoms with Crippen LogP contribution in [0.25, 0.3) is 0 Å². The Morgan fingerprint density at radius 1 is 1.52 bits per heavy atom. The van der Waals surface area contributed by atoms with Gasteiger partial charge >= 0.3 is 0 Å². The molecule has 1 atom stereocenters. The number of hydrogen-bond donors (Lipinski definition) is 1. The molecule has 7 heteroatoms.